The van der Waals surface area contributed by atoms with E-state index >= 15 is 0 Å². The SMILES string of the molecule is N#Cc1ccc(-c2cc(-c3ccccc3)[nH+][nH]2)cc1. The van der Waals surface area contributed by atoms with Crippen LogP contribution in [-0.2, 0) is 0 Å². The average molecular weight is 246 g/mol. The molecule has 0 aliphatic rings. The lowest BCUT2D eigenvalue weighted by Gasteiger charge is -1.94. The van der Waals surface area contributed by atoms with Gasteiger partial charge in [-0.2, -0.15) is 10.4 Å². The van der Waals surface area contributed by atoms with Gasteiger partial charge in [-0.3, -0.25) is 0 Å². The summed E-state index contributed by atoms with van der Waals surface area (Å²) in [5, 5.41) is 15.1. The molecule has 0 spiro atoms. The lowest BCUT2D eigenvalue weighted by molar-refractivity contribution is -0.436. The van der Waals surface area contributed by atoms with Crippen molar-refractivity contribution in [3.05, 3.63) is 66.2 Å². The molecular formula is C16H12N3+. The second kappa shape index (κ2) is 4.79. The van der Waals surface area contributed by atoms with E-state index in [-0.39, 0.29) is 0 Å². The number of rotatable bonds is 2. The third-order valence-electron chi connectivity index (χ3n) is 3.03. The van der Waals surface area contributed by atoms with Crippen LogP contribution in [0.15, 0.2) is 60.7 Å². The molecule has 0 saturated heterocycles. The standard InChI is InChI=1S/C16H11N3/c17-11-12-6-8-14(9-7-12)16-10-15(18-19-16)13-4-2-1-3-5-13/h1-10H,(H,18,19)/p+1. The monoisotopic (exact) mass is 246 g/mol. The Morgan fingerprint density at radius 1 is 0.895 bits per heavy atom. The average Bonchev–Trinajstić information content (AvgIpc) is 2.98. The maximum atomic E-state index is 8.79. The second-order valence-corrected chi connectivity index (χ2v) is 4.28. The molecule has 0 aliphatic heterocycles. The molecule has 3 nitrogen and oxygen atoms in total. The van der Waals surface area contributed by atoms with E-state index in [1.807, 2.05) is 42.5 Å². The number of nitrogens with one attached hydrogen (secondary N) is 2. The predicted octanol–water partition coefficient (Wildman–Crippen LogP) is 3.03. The zero-order valence-corrected chi connectivity index (χ0v) is 10.2. The minimum absolute atomic E-state index is 0.669. The lowest BCUT2D eigenvalue weighted by atomic mass is 10.1. The van der Waals surface area contributed by atoms with Crippen molar-refractivity contribution in [3.8, 4) is 28.6 Å². The molecule has 2 N–H and O–H groups in total. The number of hydrogen-bond acceptors (Lipinski definition) is 1. The minimum Gasteiger partial charge on any atom is -0.192 e. The third kappa shape index (κ3) is 2.24. The molecule has 0 unspecified atom stereocenters. The Labute approximate surface area is 111 Å². The van der Waals surface area contributed by atoms with Gasteiger partial charge in [0.25, 0.3) is 0 Å². The Morgan fingerprint density at radius 3 is 2.32 bits per heavy atom. The lowest BCUT2D eigenvalue weighted by Crippen LogP contribution is -2.04. The zero-order valence-electron chi connectivity index (χ0n) is 10.2. The number of aromatic nitrogens is 2. The zero-order chi connectivity index (χ0) is 13.1. The van der Waals surface area contributed by atoms with E-state index in [1.54, 1.807) is 0 Å². The molecule has 0 radical (unpaired) electrons. The second-order valence-electron chi connectivity index (χ2n) is 4.28. The summed E-state index contributed by atoms with van der Waals surface area (Å²) in [7, 11) is 0. The first-order valence-electron chi connectivity index (χ1n) is 6.03. The van der Waals surface area contributed by atoms with Gasteiger partial charge >= 0.3 is 0 Å². The van der Waals surface area contributed by atoms with Gasteiger partial charge in [-0.25, -0.2) is 0 Å². The van der Waals surface area contributed by atoms with E-state index in [0.717, 1.165) is 22.5 Å². The summed E-state index contributed by atoms with van der Waals surface area (Å²) in [5.41, 5.74) is 4.90. The molecule has 3 heteroatoms. The van der Waals surface area contributed by atoms with Gasteiger partial charge in [0, 0.05) is 17.2 Å². The molecule has 0 atom stereocenters. The Morgan fingerprint density at radius 2 is 1.63 bits per heavy atom. The molecule has 90 valence electrons. The van der Waals surface area contributed by atoms with Crippen molar-refractivity contribution < 1.29 is 5.10 Å². The van der Waals surface area contributed by atoms with E-state index in [4.69, 9.17) is 5.26 Å². The molecule has 1 aromatic heterocycles. The quantitative estimate of drug-likeness (QED) is 0.742. The van der Waals surface area contributed by atoms with Crippen molar-refractivity contribution in [2.45, 2.75) is 0 Å². The van der Waals surface area contributed by atoms with Crippen LogP contribution in [-0.4, -0.2) is 5.10 Å². The number of hydrogen-bond donors (Lipinski definition) is 1. The summed E-state index contributed by atoms with van der Waals surface area (Å²) in [6, 6.07) is 21.8. The molecule has 0 saturated carbocycles. The minimum atomic E-state index is 0.669. The van der Waals surface area contributed by atoms with Crippen molar-refractivity contribution in [1.29, 1.82) is 5.26 Å². The van der Waals surface area contributed by atoms with Gasteiger partial charge in [-0.15, -0.1) is 5.10 Å². The Kier molecular flexibility index (Phi) is 2.83. The van der Waals surface area contributed by atoms with Crippen LogP contribution >= 0.6 is 0 Å². The highest BCUT2D eigenvalue weighted by Gasteiger charge is 2.10. The van der Waals surface area contributed by atoms with Crippen LogP contribution in [0, 0.1) is 11.3 Å². The van der Waals surface area contributed by atoms with Gasteiger partial charge in [0.05, 0.1) is 11.6 Å². The highest BCUT2D eigenvalue weighted by atomic mass is 15.1. The molecule has 19 heavy (non-hydrogen) atoms. The van der Waals surface area contributed by atoms with E-state index in [0.29, 0.717) is 5.56 Å². The molecule has 3 rings (SSSR count). The predicted molar refractivity (Wildman–Crippen MR) is 72.9 cm³/mol. The molecule has 0 amide bonds. The van der Waals surface area contributed by atoms with Crippen molar-refractivity contribution in [1.82, 2.24) is 5.10 Å². The van der Waals surface area contributed by atoms with E-state index < -0.39 is 0 Å². The largest absolute Gasteiger partial charge is 0.236 e. The van der Waals surface area contributed by atoms with Crippen molar-refractivity contribution in [3.63, 3.8) is 0 Å². The van der Waals surface area contributed by atoms with Crippen LogP contribution < -0.4 is 5.10 Å². The fourth-order valence-electron chi connectivity index (χ4n) is 2.00. The van der Waals surface area contributed by atoms with Crippen LogP contribution in [0.1, 0.15) is 5.56 Å². The Balaban J connectivity index is 1.95. The summed E-state index contributed by atoms with van der Waals surface area (Å²) < 4.78 is 0. The van der Waals surface area contributed by atoms with Crippen LogP contribution in [0.25, 0.3) is 22.5 Å². The fraction of sp³-hybridized carbons (Fsp3) is 0. The molecule has 2 aromatic carbocycles. The molecule has 0 aliphatic carbocycles. The molecule has 0 bridgehead atoms. The van der Waals surface area contributed by atoms with Crippen LogP contribution in [0.4, 0.5) is 0 Å². The molecule has 1 heterocycles. The first-order valence-corrected chi connectivity index (χ1v) is 6.03. The van der Waals surface area contributed by atoms with Gasteiger partial charge in [-0.05, 0) is 24.3 Å². The Bertz CT molecular complexity index is 719. The molecular weight excluding hydrogens is 234 g/mol. The van der Waals surface area contributed by atoms with Crippen molar-refractivity contribution in [2.75, 3.05) is 0 Å². The topological polar surface area (TPSA) is 53.7 Å². The van der Waals surface area contributed by atoms with Crippen LogP contribution in [0.5, 0.6) is 0 Å². The normalized spacial score (nSPS) is 10.1. The van der Waals surface area contributed by atoms with E-state index in [2.05, 4.69) is 34.5 Å². The Hall–Kier alpha value is -2.86. The number of nitriles is 1. The van der Waals surface area contributed by atoms with E-state index in [9.17, 15) is 0 Å². The summed E-state index contributed by atoms with van der Waals surface area (Å²) >= 11 is 0. The van der Waals surface area contributed by atoms with Gasteiger partial charge in [-0.1, -0.05) is 30.3 Å². The van der Waals surface area contributed by atoms with Gasteiger partial charge < -0.3 is 0 Å². The van der Waals surface area contributed by atoms with Crippen molar-refractivity contribution in [2.24, 2.45) is 0 Å². The first-order chi connectivity index (χ1) is 9.36. The van der Waals surface area contributed by atoms with Gasteiger partial charge in [0.2, 0.25) is 5.69 Å². The summed E-state index contributed by atoms with van der Waals surface area (Å²) in [5.74, 6) is 0. The highest BCUT2D eigenvalue weighted by molar-refractivity contribution is 5.66. The number of H-pyrrole nitrogens is 2. The number of aromatic amines is 2. The summed E-state index contributed by atoms with van der Waals surface area (Å²) in [4.78, 5) is 0. The maximum absolute atomic E-state index is 8.79. The van der Waals surface area contributed by atoms with Crippen molar-refractivity contribution >= 4 is 0 Å². The number of nitrogens with zero attached hydrogens (tertiary/aromatic N) is 1. The fourth-order valence-corrected chi connectivity index (χ4v) is 2.00. The summed E-state index contributed by atoms with van der Waals surface area (Å²) in [6.07, 6.45) is 0. The third-order valence-corrected chi connectivity index (χ3v) is 3.03. The van der Waals surface area contributed by atoms with Gasteiger partial charge in [0.1, 0.15) is 5.69 Å². The highest BCUT2D eigenvalue weighted by Crippen LogP contribution is 2.21. The summed E-state index contributed by atoms with van der Waals surface area (Å²) in [6.45, 7) is 0. The maximum Gasteiger partial charge on any atom is 0.236 e. The number of benzene rings is 2. The van der Waals surface area contributed by atoms with Crippen LogP contribution in [0.2, 0.25) is 0 Å². The molecule has 0 fully saturated rings. The molecule has 3 aromatic rings. The smallest absolute Gasteiger partial charge is 0.192 e. The van der Waals surface area contributed by atoms with E-state index in [1.165, 1.54) is 0 Å². The van der Waals surface area contributed by atoms with Gasteiger partial charge in [0.15, 0.2) is 0 Å². The van der Waals surface area contributed by atoms with Crippen LogP contribution in [0.3, 0.4) is 0 Å². The first kappa shape index (κ1) is 11.2.